The van der Waals surface area contributed by atoms with Crippen molar-refractivity contribution in [1.82, 2.24) is 4.90 Å². The van der Waals surface area contributed by atoms with Gasteiger partial charge < -0.3 is 10.6 Å². The number of benzene rings is 2. The van der Waals surface area contributed by atoms with Crippen LogP contribution in [0.5, 0.6) is 0 Å². The Morgan fingerprint density at radius 3 is 2.40 bits per heavy atom. The average Bonchev–Trinajstić information content (AvgIpc) is 2.46. The predicted molar refractivity (Wildman–Crippen MR) is 82.6 cm³/mol. The van der Waals surface area contributed by atoms with E-state index in [9.17, 15) is 4.79 Å². The lowest BCUT2D eigenvalue weighted by atomic mass is 10.1. The van der Waals surface area contributed by atoms with E-state index in [4.69, 9.17) is 5.73 Å². The van der Waals surface area contributed by atoms with Crippen LogP contribution in [-0.2, 0) is 6.54 Å². The number of anilines is 1. The summed E-state index contributed by atoms with van der Waals surface area (Å²) in [5.41, 5.74) is 8.25. The second-order valence-electron chi connectivity index (χ2n) is 4.98. The van der Waals surface area contributed by atoms with Crippen molar-refractivity contribution in [3.05, 3.63) is 65.7 Å². The summed E-state index contributed by atoms with van der Waals surface area (Å²) < 4.78 is 0. The highest BCUT2D eigenvalue weighted by Gasteiger charge is 2.10. The standard InChI is InChI=1S/C17H20N2O/c1-19(13-14-7-3-2-4-8-14)12-11-17(20)15-9-5-6-10-16(15)18/h2-10H,11-13,18H2,1H3. The summed E-state index contributed by atoms with van der Waals surface area (Å²) in [6.45, 7) is 1.57. The van der Waals surface area contributed by atoms with Crippen molar-refractivity contribution >= 4 is 11.5 Å². The van der Waals surface area contributed by atoms with Gasteiger partial charge in [0, 0.05) is 30.8 Å². The zero-order chi connectivity index (χ0) is 14.4. The Hall–Kier alpha value is -2.13. The zero-order valence-corrected chi connectivity index (χ0v) is 11.8. The van der Waals surface area contributed by atoms with Gasteiger partial charge in [0.2, 0.25) is 0 Å². The van der Waals surface area contributed by atoms with E-state index in [-0.39, 0.29) is 5.78 Å². The van der Waals surface area contributed by atoms with Crippen LogP contribution in [0.4, 0.5) is 5.69 Å². The predicted octanol–water partition coefficient (Wildman–Crippen LogP) is 2.97. The monoisotopic (exact) mass is 268 g/mol. The molecule has 0 aliphatic heterocycles. The number of para-hydroxylation sites is 1. The number of hydrogen-bond donors (Lipinski definition) is 1. The van der Waals surface area contributed by atoms with Crippen molar-refractivity contribution in [2.75, 3.05) is 19.3 Å². The van der Waals surface area contributed by atoms with Crippen molar-refractivity contribution in [2.24, 2.45) is 0 Å². The number of nitrogen functional groups attached to an aromatic ring is 1. The van der Waals surface area contributed by atoms with Gasteiger partial charge in [-0.1, -0.05) is 42.5 Å². The highest BCUT2D eigenvalue weighted by atomic mass is 16.1. The summed E-state index contributed by atoms with van der Waals surface area (Å²) in [6.07, 6.45) is 0.484. The maximum atomic E-state index is 12.1. The van der Waals surface area contributed by atoms with Gasteiger partial charge in [0.25, 0.3) is 0 Å². The van der Waals surface area contributed by atoms with Gasteiger partial charge in [0.05, 0.1) is 0 Å². The maximum Gasteiger partial charge on any atom is 0.166 e. The average molecular weight is 268 g/mol. The summed E-state index contributed by atoms with van der Waals surface area (Å²) in [6, 6.07) is 17.5. The first-order valence-corrected chi connectivity index (χ1v) is 6.77. The minimum absolute atomic E-state index is 0.100. The molecule has 0 aliphatic rings. The third-order valence-electron chi connectivity index (χ3n) is 3.28. The van der Waals surface area contributed by atoms with E-state index in [1.54, 1.807) is 12.1 Å². The van der Waals surface area contributed by atoms with Crippen LogP contribution >= 0.6 is 0 Å². The Labute approximate surface area is 120 Å². The number of rotatable bonds is 6. The molecule has 0 amide bonds. The van der Waals surface area contributed by atoms with E-state index in [1.807, 2.05) is 37.4 Å². The second-order valence-corrected chi connectivity index (χ2v) is 4.98. The molecular weight excluding hydrogens is 248 g/mol. The lowest BCUT2D eigenvalue weighted by molar-refractivity contribution is 0.0968. The molecule has 20 heavy (non-hydrogen) atoms. The molecule has 3 heteroatoms. The van der Waals surface area contributed by atoms with E-state index >= 15 is 0 Å². The number of nitrogens with zero attached hydrogens (tertiary/aromatic N) is 1. The molecule has 2 aromatic carbocycles. The lowest BCUT2D eigenvalue weighted by Crippen LogP contribution is -2.21. The fourth-order valence-corrected chi connectivity index (χ4v) is 2.15. The summed E-state index contributed by atoms with van der Waals surface area (Å²) in [5, 5.41) is 0. The van der Waals surface area contributed by atoms with Crippen molar-refractivity contribution < 1.29 is 4.79 Å². The molecule has 0 saturated carbocycles. The molecule has 0 spiro atoms. The molecule has 104 valence electrons. The molecule has 0 aromatic heterocycles. The quantitative estimate of drug-likeness (QED) is 0.647. The molecule has 0 unspecified atom stereocenters. The molecule has 0 aliphatic carbocycles. The topological polar surface area (TPSA) is 46.3 Å². The largest absolute Gasteiger partial charge is 0.398 e. The van der Waals surface area contributed by atoms with E-state index in [2.05, 4.69) is 17.0 Å². The molecule has 0 fully saturated rings. The van der Waals surface area contributed by atoms with Crippen LogP contribution in [0.3, 0.4) is 0 Å². The third kappa shape index (κ3) is 3.93. The Balaban J connectivity index is 1.86. The second kappa shape index (κ2) is 6.87. The first-order valence-electron chi connectivity index (χ1n) is 6.77. The number of nitrogens with two attached hydrogens (primary N) is 1. The smallest absolute Gasteiger partial charge is 0.166 e. The summed E-state index contributed by atoms with van der Waals surface area (Å²) >= 11 is 0. The number of carbonyl (C=O) groups is 1. The number of Topliss-reactive ketones (excluding diaryl/α,β-unsaturated/α-hetero) is 1. The van der Waals surface area contributed by atoms with Crippen LogP contribution in [0.2, 0.25) is 0 Å². The zero-order valence-electron chi connectivity index (χ0n) is 11.8. The van der Waals surface area contributed by atoms with E-state index < -0.39 is 0 Å². The first kappa shape index (κ1) is 14.3. The van der Waals surface area contributed by atoms with Crippen LogP contribution < -0.4 is 5.73 Å². The Morgan fingerprint density at radius 1 is 1.05 bits per heavy atom. The van der Waals surface area contributed by atoms with Crippen LogP contribution in [0, 0.1) is 0 Å². The molecule has 0 saturated heterocycles. The maximum absolute atomic E-state index is 12.1. The number of carbonyl (C=O) groups excluding carboxylic acids is 1. The van der Waals surface area contributed by atoms with Gasteiger partial charge in [-0.2, -0.15) is 0 Å². The summed E-state index contributed by atoms with van der Waals surface area (Å²) in [7, 11) is 2.02. The SMILES string of the molecule is CN(CCC(=O)c1ccccc1N)Cc1ccccc1. The highest BCUT2D eigenvalue weighted by molar-refractivity contribution is 6.00. The summed E-state index contributed by atoms with van der Waals surface area (Å²) in [4.78, 5) is 14.3. The van der Waals surface area contributed by atoms with Crippen molar-refractivity contribution in [1.29, 1.82) is 0 Å². The van der Waals surface area contributed by atoms with Crippen molar-refractivity contribution in [2.45, 2.75) is 13.0 Å². The van der Waals surface area contributed by atoms with Gasteiger partial charge in [-0.15, -0.1) is 0 Å². The van der Waals surface area contributed by atoms with Gasteiger partial charge in [-0.05, 0) is 24.7 Å². The molecule has 2 aromatic rings. The first-order chi connectivity index (χ1) is 9.66. The van der Waals surface area contributed by atoms with Gasteiger partial charge in [0.15, 0.2) is 5.78 Å². The van der Waals surface area contributed by atoms with Gasteiger partial charge in [-0.3, -0.25) is 4.79 Å². The van der Waals surface area contributed by atoms with Crippen molar-refractivity contribution in [3.63, 3.8) is 0 Å². The highest BCUT2D eigenvalue weighted by Crippen LogP contribution is 2.13. The van der Waals surface area contributed by atoms with Crippen LogP contribution in [0.15, 0.2) is 54.6 Å². The fourth-order valence-electron chi connectivity index (χ4n) is 2.15. The Morgan fingerprint density at radius 2 is 1.70 bits per heavy atom. The minimum atomic E-state index is 0.100. The number of hydrogen-bond acceptors (Lipinski definition) is 3. The van der Waals surface area contributed by atoms with Crippen molar-refractivity contribution in [3.8, 4) is 0 Å². The van der Waals surface area contributed by atoms with Crippen LogP contribution in [0.1, 0.15) is 22.3 Å². The molecule has 0 atom stereocenters. The molecular formula is C17H20N2O. The van der Waals surface area contributed by atoms with Gasteiger partial charge in [-0.25, -0.2) is 0 Å². The molecule has 2 rings (SSSR count). The normalized spacial score (nSPS) is 10.7. The fraction of sp³-hybridized carbons (Fsp3) is 0.235. The molecule has 0 bridgehead atoms. The van der Waals surface area contributed by atoms with Crippen LogP contribution in [0.25, 0.3) is 0 Å². The Bertz CT molecular complexity index is 566. The molecule has 0 heterocycles. The third-order valence-corrected chi connectivity index (χ3v) is 3.28. The Kier molecular flexibility index (Phi) is 4.91. The minimum Gasteiger partial charge on any atom is -0.398 e. The summed E-state index contributed by atoms with van der Waals surface area (Å²) in [5.74, 6) is 0.100. The van der Waals surface area contributed by atoms with E-state index in [0.29, 0.717) is 17.7 Å². The lowest BCUT2D eigenvalue weighted by Gasteiger charge is -2.16. The molecule has 3 nitrogen and oxygen atoms in total. The molecule has 2 N–H and O–H groups in total. The van der Waals surface area contributed by atoms with E-state index in [0.717, 1.165) is 13.1 Å². The van der Waals surface area contributed by atoms with Crippen LogP contribution in [-0.4, -0.2) is 24.3 Å². The van der Waals surface area contributed by atoms with Gasteiger partial charge >= 0.3 is 0 Å². The van der Waals surface area contributed by atoms with E-state index in [1.165, 1.54) is 5.56 Å². The number of ketones is 1. The molecule has 0 radical (unpaired) electrons. The van der Waals surface area contributed by atoms with Gasteiger partial charge in [0.1, 0.15) is 0 Å².